The van der Waals surface area contributed by atoms with E-state index < -0.39 is 17.5 Å². The van der Waals surface area contributed by atoms with Crippen LogP contribution < -0.4 is 16.0 Å². The third-order valence-corrected chi connectivity index (χ3v) is 4.97. The van der Waals surface area contributed by atoms with Crippen LogP contribution in [0.15, 0.2) is 30.6 Å². The fraction of sp³-hybridized carbons (Fsp3) is 0.316. The number of carbonyl (C=O) groups excluding carboxylic acids is 1. The number of benzene rings is 1. The molecule has 150 valence electrons. The molecule has 3 heterocycles. The smallest absolute Gasteiger partial charge is 0.270 e. The second-order valence-electron chi connectivity index (χ2n) is 6.91. The first-order valence-electron chi connectivity index (χ1n) is 9.23. The topological polar surface area (TPSA) is 110 Å². The molecule has 0 radical (unpaired) electrons. The molecular formula is C19H19F2N7O. The summed E-state index contributed by atoms with van der Waals surface area (Å²) in [5.41, 5.74) is 5.73. The molecule has 8 nitrogen and oxygen atoms in total. The first kappa shape index (κ1) is 18.9. The quantitative estimate of drug-likeness (QED) is 0.690. The Bertz CT molecular complexity index is 1040. The molecule has 1 fully saturated rings. The predicted molar refractivity (Wildman–Crippen MR) is 103 cm³/mol. The lowest BCUT2D eigenvalue weighted by Crippen LogP contribution is -2.39. The van der Waals surface area contributed by atoms with E-state index in [-0.39, 0.29) is 23.1 Å². The van der Waals surface area contributed by atoms with Crippen molar-refractivity contribution in [2.75, 3.05) is 30.3 Å². The van der Waals surface area contributed by atoms with Crippen LogP contribution in [-0.2, 0) is 0 Å². The molecule has 1 aliphatic heterocycles. The monoisotopic (exact) mass is 399 g/mol. The highest BCUT2D eigenvalue weighted by molar-refractivity contribution is 6.04. The zero-order chi connectivity index (χ0) is 20.4. The summed E-state index contributed by atoms with van der Waals surface area (Å²) >= 11 is 0. The highest BCUT2D eigenvalue weighted by Gasteiger charge is 2.23. The van der Waals surface area contributed by atoms with Gasteiger partial charge in [-0.25, -0.2) is 28.7 Å². The van der Waals surface area contributed by atoms with Crippen molar-refractivity contribution in [2.45, 2.75) is 12.8 Å². The van der Waals surface area contributed by atoms with E-state index >= 15 is 0 Å². The van der Waals surface area contributed by atoms with Gasteiger partial charge >= 0.3 is 0 Å². The van der Waals surface area contributed by atoms with Gasteiger partial charge in [0.15, 0.2) is 5.82 Å². The van der Waals surface area contributed by atoms with Crippen molar-refractivity contribution < 1.29 is 13.6 Å². The Hall–Kier alpha value is -3.43. The first-order valence-corrected chi connectivity index (χ1v) is 9.23. The van der Waals surface area contributed by atoms with E-state index in [0.717, 1.165) is 25.2 Å². The molecule has 0 saturated carbocycles. The number of anilines is 2. The summed E-state index contributed by atoms with van der Waals surface area (Å²) in [7, 11) is 0. The van der Waals surface area contributed by atoms with Crippen molar-refractivity contribution in [1.82, 2.24) is 25.3 Å². The van der Waals surface area contributed by atoms with E-state index in [2.05, 4.69) is 25.3 Å². The number of aromatic nitrogens is 4. The zero-order valence-corrected chi connectivity index (χ0v) is 15.5. The lowest BCUT2D eigenvalue weighted by Gasteiger charge is -2.31. The van der Waals surface area contributed by atoms with Crippen LogP contribution in [0.5, 0.6) is 0 Å². The highest BCUT2D eigenvalue weighted by Crippen LogP contribution is 2.22. The Balaban J connectivity index is 1.38. The van der Waals surface area contributed by atoms with Crippen LogP contribution in [0.3, 0.4) is 0 Å². The summed E-state index contributed by atoms with van der Waals surface area (Å²) in [6, 6.07) is 4.35. The van der Waals surface area contributed by atoms with Gasteiger partial charge in [0.05, 0.1) is 12.4 Å². The molecule has 0 atom stereocenters. The third-order valence-electron chi connectivity index (χ3n) is 4.97. The summed E-state index contributed by atoms with van der Waals surface area (Å²) in [5.74, 6) is -0.832. The van der Waals surface area contributed by atoms with Crippen LogP contribution in [0.1, 0.15) is 23.3 Å². The first-order chi connectivity index (χ1) is 14.0. The van der Waals surface area contributed by atoms with Gasteiger partial charge < -0.3 is 16.0 Å². The summed E-state index contributed by atoms with van der Waals surface area (Å²) in [4.78, 5) is 30.5. The number of nitrogens with zero attached hydrogens (tertiary/aromatic N) is 5. The number of nitrogens with two attached hydrogens (primary N) is 1. The van der Waals surface area contributed by atoms with E-state index in [1.165, 1.54) is 12.1 Å². The summed E-state index contributed by atoms with van der Waals surface area (Å²) in [6.07, 6.45) is 3.94. The molecule has 1 amide bonds. The largest absolute Gasteiger partial charge is 0.368 e. The zero-order valence-electron chi connectivity index (χ0n) is 15.5. The number of hydrogen-bond donors (Lipinski definition) is 2. The number of para-hydroxylation sites is 1. The minimum Gasteiger partial charge on any atom is -0.368 e. The normalized spacial score (nSPS) is 14.9. The molecule has 3 aromatic rings. The van der Waals surface area contributed by atoms with Gasteiger partial charge in [-0.3, -0.25) is 4.79 Å². The van der Waals surface area contributed by atoms with E-state index in [9.17, 15) is 13.6 Å². The van der Waals surface area contributed by atoms with Crippen LogP contribution >= 0.6 is 0 Å². The van der Waals surface area contributed by atoms with Crippen LogP contribution in [0.2, 0.25) is 0 Å². The maximum Gasteiger partial charge on any atom is 0.270 e. The van der Waals surface area contributed by atoms with Gasteiger partial charge in [-0.05, 0) is 24.8 Å². The van der Waals surface area contributed by atoms with Crippen LogP contribution in [0, 0.1) is 17.6 Å². The second-order valence-corrected chi connectivity index (χ2v) is 6.91. The number of rotatable bonds is 4. The Morgan fingerprint density at radius 1 is 1.17 bits per heavy atom. The average molecular weight is 399 g/mol. The van der Waals surface area contributed by atoms with Crippen molar-refractivity contribution in [3.8, 4) is 0 Å². The average Bonchev–Trinajstić information content (AvgIpc) is 2.73. The van der Waals surface area contributed by atoms with Crippen LogP contribution in [0.25, 0.3) is 10.9 Å². The fourth-order valence-corrected chi connectivity index (χ4v) is 3.43. The molecule has 2 aromatic heterocycles. The van der Waals surface area contributed by atoms with Gasteiger partial charge in [0, 0.05) is 25.0 Å². The molecule has 10 heteroatoms. The molecule has 0 unspecified atom stereocenters. The minimum absolute atomic E-state index is 0.0257. The molecule has 4 rings (SSSR count). The van der Waals surface area contributed by atoms with Crippen molar-refractivity contribution in [1.29, 1.82) is 0 Å². The number of nitrogens with one attached hydrogen (secondary N) is 1. The van der Waals surface area contributed by atoms with E-state index in [0.29, 0.717) is 31.0 Å². The second kappa shape index (κ2) is 7.90. The molecule has 1 aliphatic rings. The number of piperidine rings is 1. The van der Waals surface area contributed by atoms with Crippen LogP contribution in [-0.4, -0.2) is 45.5 Å². The van der Waals surface area contributed by atoms with Gasteiger partial charge in [-0.15, -0.1) is 0 Å². The lowest BCUT2D eigenvalue weighted by molar-refractivity contribution is 0.0941. The maximum absolute atomic E-state index is 14.0. The molecule has 0 spiro atoms. The summed E-state index contributed by atoms with van der Waals surface area (Å²) in [5, 5.41) is 3.18. The SMILES string of the molecule is Nc1nc(C(=O)NCC2CCN(c3ncc(F)cn3)CC2)c2cccc(F)c2n1. The number of amides is 1. The Morgan fingerprint density at radius 2 is 1.90 bits per heavy atom. The number of nitrogen functional groups attached to an aromatic ring is 1. The number of fused-ring (bicyclic) bond motifs is 1. The van der Waals surface area contributed by atoms with Gasteiger partial charge in [-0.1, -0.05) is 12.1 Å². The number of hydrogen-bond acceptors (Lipinski definition) is 7. The van der Waals surface area contributed by atoms with Crippen molar-refractivity contribution in [3.05, 3.63) is 47.9 Å². The Labute approximate surface area is 165 Å². The molecule has 1 saturated heterocycles. The molecular weight excluding hydrogens is 380 g/mol. The minimum atomic E-state index is -0.555. The van der Waals surface area contributed by atoms with Gasteiger partial charge in [0.25, 0.3) is 5.91 Å². The van der Waals surface area contributed by atoms with E-state index in [1.54, 1.807) is 6.07 Å². The molecule has 1 aromatic carbocycles. The summed E-state index contributed by atoms with van der Waals surface area (Å²) < 4.78 is 26.9. The molecule has 0 bridgehead atoms. The standard InChI is InChI=1S/C19H19F2N7O/c20-12-9-24-19(25-10-12)28-6-4-11(5-7-28)8-23-17(29)16-13-2-1-3-14(21)15(13)26-18(22)27-16/h1-3,9-11H,4-8H2,(H,23,29)(H2,22,26,27). The Morgan fingerprint density at radius 3 is 2.62 bits per heavy atom. The van der Waals surface area contributed by atoms with Gasteiger partial charge in [0.2, 0.25) is 11.9 Å². The molecule has 0 aliphatic carbocycles. The maximum atomic E-state index is 14.0. The van der Waals surface area contributed by atoms with Crippen molar-refractivity contribution in [3.63, 3.8) is 0 Å². The van der Waals surface area contributed by atoms with Gasteiger partial charge in [0.1, 0.15) is 17.0 Å². The Kier molecular flexibility index (Phi) is 5.15. The van der Waals surface area contributed by atoms with E-state index in [1.807, 2.05) is 4.90 Å². The number of carbonyl (C=O) groups is 1. The lowest BCUT2D eigenvalue weighted by atomic mass is 9.97. The van der Waals surface area contributed by atoms with Crippen LogP contribution in [0.4, 0.5) is 20.7 Å². The highest BCUT2D eigenvalue weighted by atomic mass is 19.1. The third kappa shape index (κ3) is 4.05. The van der Waals surface area contributed by atoms with Crippen molar-refractivity contribution >= 4 is 28.7 Å². The summed E-state index contributed by atoms with van der Waals surface area (Å²) in [6.45, 7) is 1.87. The van der Waals surface area contributed by atoms with Crippen molar-refractivity contribution in [2.24, 2.45) is 5.92 Å². The molecule has 3 N–H and O–H groups in total. The fourth-order valence-electron chi connectivity index (χ4n) is 3.43. The van der Waals surface area contributed by atoms with E-state index in [4.69, 9.17) is 5.73 Å². The number of halogens is 2. The van der Waals surface area contributed by atoms with Gasteiger partial charge in [-0.2, -0.15) is 0 Å². The molecule has 29 heavy (non-hydrogen) atoms. The predicted octanol–water partition coefficient (Wildman–Crippen LogP) is 1.93.